The van der Waals surface area contributed by atoms with Gasteiger partial charge in [0.1, 0.15) is 28.3 Å². The van der Waals surface area contributed by atoms with E-state index >= 15 is 0 Å². The number of ether oxygens (including phenoxy) is 3. The first kappa shape index (κ1) is 28.0. The summed E-state index contributed by atoms with van der Waals surface area (Å²) in [6, 6.07) is 7.47. The van der Waals surface area contributed by atoms with Crippen LogP contribution in [0.3, 0.4) is 0 Å². The summed E-state index contributed by atoms with van der Waals surface area (Å²) in [5.74, 6) is -3.69. The summed E-state index contributed by atoms with van der Waals surface area (Å²) in [6.07, 6.45) is -3.82. The van der Waals surface area contributed by atoms with Crippen LogP contribution in [0.5, 0.6) is 23.0 Å². The lowest BCUT2D eigenvalue weighted by Crippen LogP contribution is -2.36. The van der Waals surface area contributed by atoms with E-state index in [0.717, 1.165) is 12.1 Å². The number of halogens is 5. The van der Waals surface area contributed by atoms with Gasteiger partial charge in [-0.25, -0.2) is 0 Å². The molecule has 2 amide bonds. The Morgan fingerprint density at radius 1 is 1.00 bits per heavy atom. The van der Waals surface area contributed by atoms with E-state index in [0.29, 0.717) is 6.07 Å². The number of carbonyl (C=O) groups excluding carboxylic acids is 2. The maximum absolute atomic E-state index is 13.1. The zero-order valence-corrected chi connectivity index (χ0v) is 19.7. The zero-order chi connectivity index (χ0) is 27.5. The highest BCUT2D eigenvalue weighted by atomic mass is 35.5. The predicted molar refractivity (Wildman–Crippen MR) is 127 cm³/mol. The molecule has 0 saturated heterocycles. The lowest BCUT2D eigenvalue weighted by molar-refractivity contribution is -0.274. The summed E-state index contributed by atoms with van der Waals surface area (Å²) in [7, 11) is 10.4. The van der Waals surface area contributed by atoms with E-state index in [1.807, 2.05) is 0 Å². The number of anilines is 1. The second-order valence-corrected chi connectivity index (χ2v) is 7.96. The Hall–Kier alpha value is -3.61. The third-order valence-electron chi connectivity index (χ3n) is 4.16. The molecule has 188 valence electrons. The fourth-order valence-electron chi connectivity index (χ4n) is 2.83. The summed E-state index contributed by atoms with van der Waals surface area (Å²) >= 11 is 12.3. The molecular formula is C21H12B2Cl2F3N3O6. The quantitative estimate of drug-likeness (QED) is 0.287. The Bertz CT molecular complexity index is 1360. The number of benzene rings is 2. The van der Waals surface area contributed by atoms with Crippen molar-refractivity contribution >= 4 is 56.4 Å². The molecule has 0 unspecified atom stereocenters. The van der Waals surface area contributed by atoms with Gasteiger partial charge < -0.3 is 30.4 Å². The highest BCUT2D eigenvalue weighted by molar-refractivity contribution is 6.38. The molecule has 0 spiro atoms. The number of nitrogens with one attached hydrogen (secondary N) is 1. The van der Waals surface area contributed by atoms with Crippen LogP contribution >= 0.6 is 23.2 Å². The van der Waals surface area contributed by atoms with Crippen molar-refractivity contribution in [1.82, 2.24) is 4.98 Å². The van der Waals surface area contributed by atoms with Crippen LogP contribution in [0.2, 0.25) is 10.0 Å². The summed E-state index contributed by atoms with van der Waals surface area (Å²) in [4.78, 5) is 28.2. The van der Waals surface area contributed by atoms with E-state index in [2.05, 4.69) is 15.0 Å². The predicted octanol–water partition coefficient (Wildman–Crippen LogP) is 3.75. The standard InChI is InChI=1S/C21H12B2Cl2F3N3O6/c22-20(23,34)37-15-8-11(36-21(26,27)28)1-2-14(15)35-16-6-9(24)5-12(25)17(16)19(33)31-10-3-4-30-13(7-10)18(29)32/h1-8,34H,(H2,29,32)(H,30,31,33). The highest BCUT2D eigenvalue weighted by Crippen LogP contribution is 2.41. The van der Waals surface area contributed by atoms with Crippen molar-refractivity contribution < 1.29 is 42.1 Å². The van der Waals surface area contributed by atoms with Crippen LogP contribution in [-0.4, -0.2) is 49.5 Å². The number of pyridine rings is 1. The van der Waals surface area contributed by atoms with Crippen molar-refractivity contribution in [2.24, 2.45) is 5.73 Å². The highest BCUT2D eigenvalue weighted by Gasteiger charge is 2.32. The number of alkyl halides is 3. The molecule has 0 aliphatic rings. The number of hydrogen-bond donors (Lipinski definition) is 3. The first-order chi connectivity index (χ1) is 17.1. The lowest BCUT2D eigenvalue weighted by Gasteiger charge is -2.24. The molecule has 2 aromatic carbocycles. The molecule has 1 aromatic heterocycles. The molecule has 1 heterocycles. The van der Waals surface area contributed by atoms with Crippen molar-refractivity contribution in [2.75, 3.05) is 5.32 Å². The summed E-state index contributed by atoms with van der Waals surface area (Å²) in [5.41, 5.74) is 2.07. The average molecular weight is 552 g/mol. The molecule has 37 heavy (non-hydrogen) atoms. The molecule has 16 heteroatoms. The van der Waals surface area contributed by atoms with Gasteiger partial charge in [-0.1, -0.05) is 23.2 Å². The van der Waals surface area contributed by atoms with E-state index in [-0.39, 0.29) is 38.5 Å². The number of rotatable bonds is 8. The number of amides is 2. The van der Waals surface area contributed by atoms with Crippen LogP contribution in [0.15, 0.2) is 48.7 Å². The van der Waals surface area contributed by atoms with E-state index in [9.17, 15) is 27.9 Å². The third-order valence-corrected chi connectivity index (χ3v) is 4.67. The number of aromatic nitrogens is 1. The monoisotopic (exact) mass is 551 g/mol. The van der Waals surface area contributed by atoms with E-state index in [1.165, 1.54) is 30.5 Å². The van der Waals surface area contributed by atoms with Crippen molar-refractivity contribution in [3.05, 3.63) is 70.0 Å². The minimum atomic E-state index is -5.05. The van der Waals surface area contributed by atoms with Gasteiger partial charge in [0.15, 0.2) is 27.2 Å². The molecule has 0 bridgehead atoms. The minimum Gasteiger partial charge on any atom is -0.478 e. The van der Waals surface area contributed by atoms with Gasteiger partial charge in [-0.15, -0.1) is 13.2 Å². The lowest BCUT2D eigenvalue weighted by atomic mass is 9.76. The molecule has 3 aromatic rings. The first-order valence-electron chi connectivity index (χ1n) is 9.74. The number of aliphatic hydroxyl groups is 1. The van der Waals surface area contributed by atoms with E-state index in [4.69, 9.17) is 54.1 Å². The van der Waals surface area contributed by atoms with Crippen molar-refractivity contribution in [2.45, 2.75) is 11.9 Å². The Kier molecular flexibility index (Phi) is 8.16. The molecule has 4 radical (unpaired) electrons. The summed E-state index contributed by atoms with van der Waals surface area (Å²) in [6.45, 7) is 0. The fourth-order valence-corrected chi connectivity index (χ4v) is 3.39. The van der Waals surface area contributed by atoms with Crippen LogP contribution < -0.4 is 25.3 Å². The molecule has 0 saturated carbocycles. The number of hydrogen-bond acceptors (Lipinski definition) is 7. The maximum Gasteiger partial charge on any atom is 0.573 e. The largest absolute Gasteiger partial charge is 0.573 e. The van der Waals surface area contributed by atoms with Crippen LogP contribution in [0.1, 0.15) is 20.8 Å². The molecular weight excluding hydrogens is 540 g/mol. The van der Waals surface area contributed by atoms with Gasteiger partial charge in [0.2, 0.25) is 0 Å². The summed E-state index contributed by atoms with van der Waals surface area (Å²) < 4.78 is 52.3. The number of primary amides is 1. The van der Waals surface area contributed by atoms with Gasteiger partial charge in [-0.3, -0.25) is 14.6 Å². The van der Waals surface area contributed by atoms with Crippen molar-refractivity contribution in [3.63, 3.8) is 0 Å². The molecule has 0 fully saturated rings. The molecule has 0 atom stereocenters. The zero-order valence-electron chi connectivity index (χ0n) is 18.2. The summed E-state index contributed by atoms with van der Waals surface area (Å²) in [5, 5.41) is 11.9. The van der Waals surface area contributed by atoms with E-state index in [1.54, 1.807) is 0 Å². The SMILES string of the molecule is [B]C([B])(O)Oc1cc(OC(F)(F)F)ccc1Oc1cc(Cl)cc(Cl)c1C(=O)Nc1ccnc(C(N)=O)c1. The van der Waals surface area contributed by atoms with Gasteiger partial charge >= 0.3 is 6.36 Å². The Labute approximate surface area is 219 Å². The smallest absolute Gasteiger partial charge is 0.478 e. The number of carbonyl (C=O) groups is 2. The fraction of sp³-hybridized carbons (Fsp3) is 0.0952. The second-order valence-electron chi connectivity index (χ2n) is 7.12. The maximum atomic E-state index is 13.1. The van der Waals surface area contributed by atoms with Crippen LogP contribution in [0.25, 0.3) is 0 Å². The van der Waals surface area contributed by atoms with Crippen LogP contribution in [-0.2, 0) is 0 Å². The first-order valence-corrected chi connectivity index (χ1v) is 10.5. The topological polar surface area (TPSA) is 133 Å². The van der Waals surface area contributed by atoms with Gasteiger partial charge in [-0.2, -0.15) is 0 Å². The normalized spacial score (nSPS) is 11.5. The number of nitrogens with zero attached hydrogens (tertiary/aromatic N) is 1. The van der Waals surface area contributed by atoms with E-state index < -0.39 is 35.3 Å². The molecule has 9 nitrogen and oxygen atoms in total. The van der Waals surface area contributed by atoms with Crippen LogP contribution in [0.4, 0.5) is 18.9 Å². The molecule has 0 aliphatic carbocycles. The van der Waals surface area contributed by atoms with Crippen LogP contribution in [0, 0.1) is 0 Å². The molecule has 3 rings (SSSR count). The molecule has 0 aliphatic heterocycles. The van der Waals surface area contributed by atoms with Crippen molar-refractivity contribution in [1.29, 1.82) is 0 Å². The Morgan fingerprint density at radius 3 is 2.32 bits per heavy atom. The third kappa shape index (κ3) is 7.94. The van der Waals surface area contributed by atoms with Gasteiger partial charge in [0, 0.05) is 29.0 Å². The molecule has 4 N–H and O–H groups in total. The average Bonchev–Trinajstić information content (AvgIpc) is 2.73. The van der Waals surface area contributed by atoms with Gasteiger partial charge in [0.25, 0.3) is 11.8 Å². The van der Waals surface area contributed by atoms with Crippen molar-refractivity contribution in [3.8, 4) is 23.0 Å². The second kappa shape index (κ2) is 10.8. The number of nitrogens with two attached hydrogens (primary N) is 1. The Balaban J connectivity index is 2.01. The van der Waals surface area contributed by atoms with Gasteiger partial charge in [0.05, 0.1) is 5.02 Å². The van der Waals surface area contributed by atoms with Gasteiger partial charge in [-0.05, 0) is 30.3 Å². The Morgan fingerprint density at radius 2 is 1.70 bits per heavy atom. The minimum absolute atomic E-state index is 0.0186.